The van der Waals surface area contributed by atoms with Crippen LogP contribution >= 0.6 is 11.6 Å². The summed E-state index contributed by atoms with van der Waals surface area (Å²) in [4.78, 5) is 11.7. The fourth-order valence-corrected chi connectivity index (χ4v) is 3.20. The molecule has 0 aliphatic carbocycles. The minimum Gasteiger partial charge on any atom is -0.465 e. The second kappa shape index (κ2) is 6.70. The molecule has 4 heteroatoms. The number of carbonyl (C=O) groups excluding carboxylic acids is 1. The van der Waals surface area contributed by atoms with Crippen LogP contribution in [0.15, 0.2) is 48.5 Å². The second-order valence-corrected chi connectivity index (χ2v) is 6.64. The van der Waals surface area contributed by atoms with Crippen molar-refractivity contribution in [2.75, 3.05) is 7.11 Å². The Morgan fingerprint density at radius 3 is 2.67 bits per heavy atom. The van der Waals surface area contributed by atoms with E-state index >= 15 is 0 Å². The van der Waals surface area contributed by atoms with Gasteiger partial charge in [0.05, 0.1) is 12.7 Å². The first-order valence-electron chi connectivity index (χ1n) is 7.95. The number of carbonyl (C=O) groups is 1. The van der Waals surface area contributed by atoms with Crippen LogP contribution in [-0.2, 0) is 11.3 Å². The summed E-state index contributed by atoms with van der Waals surface area (Å²) in [7, 11) is 1.40. The zero-order valence-corrected chi connectivity index (χ0v) is 14.8. The zero-order chi connectivity index (χ0) is 17.3. The number of hydrogen-bond donors (Lipinski definition) is 0. The Morgan fingerprint density at radius 2 is 1.96 bits per heavy atom. The highest BCUT2D eigenvalue weighted by atomic mass is 35.5. The minimum absolute atomic E-state index is 0.315. The summed E-state index contributed by atoms with van der Waals surface area (Å²) in [5.41, 5.74) is 4.02. The van der Waals surface area contributed by atoms with Crippen molar-refractivity contribution >= 4 is 28.5 Å². The van der Waals surface area contributed by atoms with Gasteiger partial charge < -0.3 is 9.30 Å². The van der Waals surface area contributed by atoms with Gasteiger partial charge in [0, 0.05) is 28.2 Å². The van der Waals surface area contributed by atoms with Crippen LogP contribution in [0.2, 0.25) is 5.02 Å². The highest BCUT2D eigenvalue weighted by Crippen LogP contribution is 2.28. The third kappa shape index (κ3) is 3.17. The number of fused-ring (bicyclic) bond motifs is 1. The molecule has 0 aliphatic rings. The largest absolute Gasteiger partial charge is 0.465 e. The molecule has 124 valence electrons. The molecule has 2 aromatic carbocycles. The van der Waals surface area contributed by atoms with E-state index in [4.69, 9.17) is 16.3 Å². The number of aromatic nitrogens is 1. The van der Waals surface area contributed by atoms with Gasteiger partial charge >= 0.3 is 5.97 Å². The molecule has 0 atom stereocenters. The molecule has 0 N–H and O–H groups in total. The summed E-state index contributed by atoms with van der Waals surface area (Å²) in [6.07, 6.45) is 0. The van der Waals surface area contributed by atoms with Crippen molar-refractivity contribution in [3.8, 4) is 0 Å². The molecule has 0 saturated carbocycles. The second-order valence-electron chi connectivity index (χ2n) is 6.21. The Kier molecular flexibility index (Phi) is 4.63. The maximum atomic E-state index is 11.7. The van der Waals surface area contributed by atoms with E-state index in [2.05, 4.69) is 24.5 Å². The normalized spacial score (nSPS) is 11.2. The van der Waals surface area contributed by atoms with E-state index in [1.165, 1.54) is 12.8 Å². The van der Waals surface area contributed by atoms with Crippen LogP contribution in [0.25, 0.3) is 10.9 Å². The summed E-state index contributed by atoms with van der Waals surface area (Å²) in [5, 5.41) is 1.87. The lowest BCUT2D eigenvalue weighted by Crippen LogP contribution is -2.07. The number of halogens is 1. The van der Waals surface area contributed by atoms with E-state index in [9.17, 15) is 4.79 Å². The molecule has 24 heavy (non-hydrogen) atoms. The predicted molar refractivity (Wildman–Crippen MR) is 97.9 cm³/mol. The molecule has 3 nitrogen and oxygen atoms in total. The molecular weight excluding hydrogens is 322 g/mol. The topological polar surface area (TPSA) is 31.2 Å². The van der Waals surface area contributed by atoms with Crippen LogP contribution in [0.3, 0.4) is 0 Å². The molecule has 1 heterocycles. The van der Waals surface area contributed by atoms with Crippen molar-refractivity contribution in [1.29, 1.82) is 0 Å². The van der Waals surface area contributed by atoms with Gasteiger partial charge in [-0.1, -0.05) is 37.6 Å². The van der Waals surface area contributed by atoms with Gasteiger partial charge in [-0.05, 0) is 47.9 Å². The van der Waals surface area contributed by atoms with Crippen LogP contribution < -0.4 is 0 Å². The van der Waals surface area contributed by atoms with Crippen molar-refractivity contribution in [2.24, 2.45) is 0 Å². The monoisotopic (exact) mass is 341 g/mol. The van der Waals surface area contributed by atoms with Crippen molar-refractivity contribution in [1.82, 2.24) is 4.57 Å². The number of benzene rings is 2. The molecule has 0 spiro atoms. The highest BCUT2D eigenvalue weighted by molar-refractivity contribution is 6.31. The fraction of sp³-hybridized carbons (Fsp3) is 0.250. The van der Waals surface area contributed by atoms with Crippen LogP contribution in [0, 0.1) is 0 Å². The fourth-order valence-electron chi connectivity index (χ4n) is 3.01. The Balaban J connectivity index is 2.06. The van der Waals surface area contributed by atoms with Gasteiger partial charge in [-0.25, -0.2) is 4.79 Å². The molecule has 1 aromatic heterocycles. The molecule has 0 saturated heterocycles. The van der Waals surface area contributed by atoms with E-state index < -0.39 is 0 Å². The van der Waals surface area contributed by atoms with Gasteiger partial charge in [-0.3, -0.25) is 0 Å². The lowest BCUT2D eigenvalue weighted by Gasteiger charge is -2.14. The number of esters is 1. The van der Waals surface area contributed by atoms with E-state index in [0.717, 1.165) is 21.5 Å². The standard InChI is InChI=1S/C20H20ClNO2/c1-13(2)19-11-16-10-17(21)7-8-18(16)22(19)12-14-5-4-6-15(9-14)20(23)24-3/h4-11,13H,12H2,1-3H3. The molecule has 0 aliphatic heterocycles. The molecule has 0 bridgehead atoms. The molecular formula is C20H20ClNO2. The number of methoxy groups -OCH3 is 1. The Labute approximate surface area is 146 Å². The third-order valence-corrected chi connectivity index (χ3v) is 4.41. The SMILES string of the molecule is COC(=O)c1cccc(Cn2c(C(C)C)cc3cc(Cl)ccc32)c1. The number of rotatable bonds is 4. The van der Waals surface area contributed by atoms with Crippen molar-refractivity contribution in [3.63, 3.8) is 0 Å². The van der Waals surface area contributed by atoms with Gasteiger partial charge in [0.1, 0.15) is 0 Å². The van der Waals surface area contributed by atoms with Crippen molar-refractivity contribution < 1.29 is 9.53 Å². The van der Waals surface area contributed by atoms with E-state index in [-0.39, 0.29) is 5.97 Å². The first-order valence-corrected chi connectivity index (χ1v) is 8.33. The van der Waals surface area contributed by atoms with Gasteiger partial charge in [0.25, 0.3) is 0 Å². The Hall–Kier alpha value is -2.26. The smallest absolute Gasteiger partial charge is 0.337 e. The lowest BCUT2D eigenvalue weighted by molar-refractivity contribution is 0.0600. The zero-order valence-electron chi connectivity index (χ0n) is 14.0. The number of ether oxygens (including phenoxy) is 1. The summed E-state index contributed by atoms with van der Waals surface area (Å²) in [5.74, 6) is 0.0741. The van der Waals surface area contributed by atoms with E-state index in [1.807, 2.05) is 36.4 Å². The van der Waals surface area contributed by atoms with Gasteiger partial charge in [0.2, 0.25) is 0 Å². The minimum atomic E-state index is -0.315. The average molecular weight is 342 g/mol. The molecule has 0 unspecified atom stereocenters. The molecule has 0 fully saturated rings. The first-order chi connectivity index (χ1) is 11.5. The predicted octanol–water partition coefficient (Wildman–Crippen LogP) is 5.25. The quantitative estimate of drug-likeness (QED) is 0.606. The Bertz CT molecular complexity index is 896. The van der Waals surface area contributed by atoms with Crippen molar-refractivity contribution in [3.05, 3.63) is 70.4 Å². The van der Waals surface area contributed by atoms with E-state index in [0.29, 0.717) is 18.0 Å². The summed E-state index contributed by atoms with van der Waals surface area (Å²) in [6.45, 7) is 5.05. The van der Waals surface area contributed by atoms with Gasteiger partial charge in [0.15, 0.2) is 0 Å². The number of hydrogen-bond acceptors (Lipinski definition) is 2. The van der Waals surface area contributed by atoms with Crippen LogP contribution in [0.1, 0.15) is 41.4 Å². The van der Waals surface area contributed by atoms with Gasteiger partial charge in [-0.15, -0.1) is 0 Å². The molecule has 0 amide bonds. The van der Waals surface area contributed by atoms with Crippen molar-refractivity contribution in [2.45, 2.75) is 26.3 Å². The Morgan fingerprint density at radius 1 is 1.17 bits per heavy atom. The van der Waals surface area contributed by atoms with Crippen LogP contribution in [0.4, 0.5) is 0 Å². The van der Waals surface area contributed by atoms with Crippen LogP contribution in [-0.4, -0.2) is 17.6 Å². The highest BCUT2D eigenvalue weighted by Gasteiger charge is 2.13. The number of nitrogens with zero attached hydrogens (tertiary/aromatic N) is 1. The maximum absolute atomic E-state index is 11.7. The lowest BCUT2D eigenvalue weighted by atomic mass is 10.1. The summed E-state index contributed by atoms with van der Waals surface area (Å²) >= 11 is 6.13. The maximum Gasteiger partial charge on any atom is 0.337 e. The molecule has 3 aromatic rings. The average Bonchev–Trinajstić information content (AvgIpc) is 2.92. The van der Waals surface area contributed by atoms with E-state index in [1.54, 1.807) is 6.07 Å². The summed E-state index contributed by atoms with van der Waals surface area (Å²) in [6, 6.07) is 15.7. The molecule has 3 rings (SSSR count). The van der Waals surface area contributed by atoms with Gasteiger partial charge in [-0.2, -0.15) is 0 Å². The summed E-state index contributed by atoms with van der Waals surface area (Å²) < 4.78 is 7.10. The molecule has 0 radical (unpaired) electrons. The first kappa shape index (κ1) is 16.6. The van der Waals surface area contributed by atoms with Crippen LogP contribution in [0.5, 0.6) is 0 Å². The third-order valence-electron chi connectivity index (χ3n) is 4.18.